The maximum Gasteiger partial charge on any atom is 0.242 e. The third kappa shape index (κ3) is 2.99. The summed E-state index contributed by atoms with van der Waals surface area (Å²) in [6.45, 7) is 4.37. The number of rotatable bonds is 3. The molecule has 0 aromatic carbocycles. The Balaban J connectivity index is 1.64. The summed E-state index contributed by atoms with van der Waals surface area (Å²) < 4.78 is 7.71. The molecule has 2 aliphatic rings. The first-order valence-corrected chi connectivity index (χ1v) is 7.71. The molecule has 0 N–H and O–H groups in total. The van der Waals surface area contributed by atoms with E-state index in [1.165, 1.54) is 0 Å². The van der Waals surface area contributed by atoms with Crippen LogP contribution in [-0.4, -0.2) is 64.0 Å². The molecular weight excluding hydrogens is 284 g/mol. The zero-order valence-corrected chi connectivity index (χ0v) is 13.1. The molecule has 0 aliphatic carbocycles. The molecule has 0 saturated carbocycles. The largest absolute Gasteiger partial charge is 0.367 e. The molecule has 7 heteroatoms. The second-order valence-electron chi connectivity index (χ2n) is 5.97. The van der Waals surface area contributed by atoms with Crippen molar-refractivity contribution < 1.29 is 14.3 Å². The second kappa shape index (κ2) is 6.08. The van der Waals surface area contributed by atoms with Crippen LogP contribution in [0.25, 0.3) is 0 Å². The average Bonchev–Trinajstić information content (AvgIpc) is 3.05. The van der Waals surface area contributed by atoms with Crippen molar-refractivity contribution in [1.29, 1.82) is 0 Å². The fraction of sp³-hybridized carbons (Fsp3) is 0.667. The van der Waals surface area contributed by atoms with Crippen LogP contribution in [0.4, 0.5) is 0 Å². The van der Waals surface area contributed by atoms with Gasteiger partial charge in [0.1, 0.15) is 11.9 Å². The molecule has 2 fully saturated rings. The van der Waals surface area contributed by atoms with Crippen molar-refractivity contribution in [3.8, 4) is 0 Å². The molecule has 0 bridgehead atoms. The SMILES string of the molecule is Cc1cn(C)c([C@H]2CN(C(=O)CN3CCCC3=O)CCO2)n1. The van der Waals surface area contributed by atoms with Crippen LogP contribution >= 0.6 is 0 Å². The highest BCUT2D eigenvalue weighted by molar-refractivity contribution is 5.85. The predicted octanol–water partition coefficient (Wildman–Crippen LogP) is 0.251. The summed E-state index contributed by atoms with van der Waals surface area (Å²) in [7, 11) is 1.93. The van der Waals surface area contributed by atoms with E-state index in [1.807, 2.05) is 24.7 Å². The van der Waals surface area contributed by atoms with E-state index in [2.05, 4.69) is 4.98 Å². The van der Waals surface area contributed by atoms with E-state index in [1.54, 1.807) is 9.80 Å². The average molecular weight is 306 g/mol. The summed E-state index contributed by atoms with van der Waals surface area (Å²) in [5, 5.41) is 0. The number of likely N-dealkylation sites (tertiary alicyclic amines) is 1. The molecule has 0 radical (unpaired) electrons. The number of hydrogen-bond acceptors (Lipinski definition) is 4. The maximum absolute atomic E-state index is 12.4. The van der Waals surface area contributed by atoms with Crippen molar-refractivity contribution in [2.24, 2.45) is 7.05 Å². The number of ether oxygens (including phenoxy) is 1. The molecule has 0 spiro atoms. The Labute approximate surface area is 129 Å². The van der Waals surface area contributed by atoms with Crippen molar-refractivity contribution in [1.82, 2.24) is 19.4 Å². The number of hydrogen-bond donors (Lipinski definition) is 0. The van der Waals surface area contributed by atoms with Gasteiger partial charge in [-0.3, -0.25) is 9.59 Å². The van der Waals surface area contributed by atoms with Crippen molar-refractivity contribution in [2.45, 2.75) is 25.9 Å². The highest BCUT2D eigenvalue weighted by Crippen LogP contribution is 2.21. The first-order valence-electron chi connectivity index (χ1n) is 7.71. The molecule has 120 valence electrons. The van der Waals surface area contributed by atoms with E-state index >= 15 is 0 Å². The monoisotopic (exact) mass is 306 g/mol. The molecule has 0 unspecified atom stereocenters. The Kier molecular flexibility index (Phi) is 4.15. The molecule has 1 atom stereocenters. The number of aromatic nitrogens is 2. The van der Waals surface area contributed by atoms with Crippen molar-refractivity contribution in [3.05, 3.63) is 17.7 Å². The maximum atomic E-state index is 12.4. The highest BCUT2D eigenvalue weighted by atomic mass is 16.5. The summed E-state index contributed by atoms with van der Waals surface area (Å²) in [5.41, 5.74) is 0.937. The van der Waals surface area contributed by atoms with E-state index < -0.39 is 0 Å². The van der Waals surface area contributed by atoms with E-state index in [4.69, 9.17) is 4.74 Å². The summed E-state index contributed by atoms with van der Waals surface area (Å²) in [5.74, 6) is 0.916. The molecule has 1 aromatic heterocycles. The summed E-state index contributed by atoms with van der Waals surface area (Å²) >= 11 is 0. The van der Waals surface area contributed by atoms with E-state index in [0.29, 0.717) is 32.7 Å². The summed E-state index contributed by atoms with van der Waals surface area (Å²) in [4.78, 5) is 32.0. The number of imidazole rings is 1. The van der Waals surface area contributed by atoms with Gasteiger partial charge in [0, 0.05) is 32.8 Å². The van der Waals surface area contributed by atoms with Crippen LogP contribution in [0.3, 0.4) is 0 Å². The summed E-state index contributed by atoms with van der Waals surface area (Å²) in [6.07, 6.45) is 3.16. The molecule has 2 amide bonds. The van der Waals surface area contributed by atoms with Crippen LogP contribution in [0.5, 0.6) is 0 Å². The third-order valence-corrected chi connectivity index (χ3v) is 4.24. The van der Waals surface area contributed by atoms with Crippen LogP contribution in [-0.2, 0) is 21.4 Å². The zero-order valence-electron chi connectivity index (χ0n) is 13.1. The lowest BCUT2D eigenvalue weighted by molar-refractivity contribution is -0.144. The number of carbonyl (C=O) groups excluding carboxylic acids is 2. The molecule has 2 aliphatic heterocycles. The smallest absolute Gasteiger partial charge is 0.242 e. The Morgan fingerprint density at radius 1 is 1.45 bits per heavy atom. The van der Waals surface area contributed by atoms with Crippen molar-refractivity contribution in [3.63, 3.8) is 0 Å². The van der Waals surface area contributed by atoms with Crippen molar-refractivity contribution >= 4 is 11.8 Å². The van der Waals surface area contributed by atoms with Crippen LogP contribution < -0.4 is 0 Å². The first kappa shape index (κ1) is 15.0. The minimum Gasteiger partial charge on any atom is -0.367 e. The highest BCUT2D eigenvalue weighted by Gasteiger charge is 2.30. The number of nitrogens with zero attached hydrogens (tertiary/aromatic N) is 4. The minimum absolute atomic E-state index is 0.00511. The topological polar surface area (TPSA) is 67.7 Å². The number of aryl methyl sites for hydroxylation is 2. The Bertz CT molecular complexity index is 583. The van der Waals surface area contributed by atoms with Gasteiger partial charge in [-0.15, -0.1) is 0 Å². The fourth-order valence-corrected chi connectivity index (χ4v) is 3.10. The van der Waals surface area contributed by atoms with Gasteiger partial charge in [-0.05, 0) is 13.3 Å². The first-order chi connectivity index (χ1) is 10.5. The Morgan fingerprint density at radius 2 is 2.27 bits per heavy atom. The van der Waals surface area contributed by atoms with Gasteiger partial charge in [-0.1, -0.05) is 0 Å². The Morgan fingerprint density at radius 3 is 2.91 bits per heavy atom. The van der Waals surface area contributed by atoms with Gasteiger partial charge in [-0.25, -0.2) is 4.98 Å². The third-order valence-electron chi connectivity index (χ3n) is 4.24. The van der Waals surface area contributed by atoms with Gasteiger partial charge in [0.25, 0.3) is 0 Å². The molecule has 7 nitrogen and oxygen atoms in total. The zero-order chi connectivity index (χ0) is 15.7. The van der Waals surface area contributed by atoms with Crippen LogP contribution in [0, 0.1) is 6.92 Å². The lowest BCUT2D eigenvalue weighted by Gasteiger charge is -2.33. The molecule has 3 rings (SSSR count). The van der Waals surface area contributed by atoms with Gasteiger partial charge in [-0.2, -0.15) is 0 Å². The lowest BCUT2D eigenvalue weighted by Crippen LogP contribution is -2.47. The van der Waals surface area contributed by atoms with E-state index in [9.17, 15) is 9.59 Å². The minimum atomic E-state index is -0.203. The van der Waals surface area contributed by atoms with Crippen LogP contribution in [0.15, 0.2) is 6.20 Å². The van der Waals surface area contributed by atoms with Crippen LogP contribution in [0.2, 0.25) is 0 Å². The molecule has 3 heterocycles. The Hall–Kier alpha value is -1.89. The predicted molar refractivity (Wildman–Crippen MR) is 79.0 cm³/mol. The van der Waals surface area contributed by atoms with E-state index in [-0.39, 0.29) is 24.5 Å². The van der Waals surface area contributed by atoms with Gasteiger partial charge in [0.2, 0.25) is 11.8 Å². The van der Waals surface area contributed by atoms with Gasteiger partial charge in [0.05, 0.1) is 25.4 Å². The number of amides is 2. The number of morpholine rings is 1. The second-order valence-corrected chi connectivity index (χ2v) is 5.97. The van der Waals surface area contributed by atoms with Crippen molar-refractivity contribution in [2.75, 3.05) is 32.8 Å². The quantitative estimate of drug-likeness (QED) is 0.803. The van der Waals surface area contributed by atoms with Gasteiger partial charge >= 0.3 is 0 Å². The van der Waals surface area contributed by atoms with Crippen LogP contribution in [0.1, 0.15) is 30.5 Å². The van der Waals surface area contributed by atoms with Gasteiger partial charge < -0.3 is 19.1 Å². The number of carbonyl (C=O) groups is 2. The lowest BCUT2D eigenvalue weighted by atomic mass is 10.2. The molecular formula is C15H22N4O3. The standard InChI is InChI=1S/C15H22N4O3/c1-11-8-17(2)15(16-11)12-9-19(6-7-22-12)14(21)10-18-5-3-4-13(18)20/h8,12H,3-7,9-10H2,1-2H3/t12-/m1/s1. The molecule has 22 heavy (non-hydrogen) atoms. The van der Waals surface area contributed by atoms with E-state index in [0.717, 1.165) is 17.9 Å². The fourth-order valence-electron chi connectivity index (χ4n) is 3.10. The van der Waals surface area contributed by atoms with Gasteiger partial charge in [0.15, 0.2) is 0 Å². The molecule has 1 aromatic rings. The molecule has 2 saturated heterocycles. The normalized spacial score (nSPS) is 22.5. The summed E-state index contributed by atoms with van der Waals surface area (Å²) in [6, 6.07) is 0.